The molecule has 0 N–H and O–H groups in total. The molecule has 2 aliphatic rings. The first-order valence-corrected chi connectivity index (χ1v) is 11.8. The fraction of sp³-hybridized carbons (Fsp3) is 0.357. The second-order valence-corrected chi connectivity index (χ2v) is 8.80. The van der Waals surface area contributed by atoms with Gasteiger partial charge in [-0.2, -0.15) is 0 Å². The van der Waals surface area contributed by atoms with Gasteiger partial charge >= 0.3 is 0 Å². The maximum Gasteiger partial charge on any atom is 0.0783 e. The third-order valence-electron chi connectivity index (χ3n) is 6.79. The van der Waals surface area contributed by atoms with E-state index in [-0.39, 0.29) is 0 Å². The van der Waals surface area contributed by atoms with Crippen molar-refractivity contribution >= 4 is 16.5 Å². The predicted octanol–water partition coefficient (Wildman–Crippen LogP) is 5.25. The van der Waals surface area contributed by atoms with Crippen molar-refractivity contribution in [2.75, 3.05) is 32.8 Å². The van der Waals surface area contributed by atoms with E-state index in [1.165, 1.54) is 33.2 Å². The van der Waals surface area contributed by atoms with Crippen LogP contribution in [0.1, 0.15) is 42.1 Å². The maximum atomic E-state index is 5.57. The molecule has 4 heteroatoms. The zero-order chi connectivity index (χ0) is 21.9. The molecule has 2 heterocycles. The van der Waals surface area contributed by atoms with E-state index >= 15 is 0 Å². The Kier molecular flexibility index (Phi) is 6.35. The maximum absolute atomic E-state index is 5.57. The molecule has 4 nitrogen and oxygen atoms in total. The lowest BCUT2D eigenvalue weighted by atomic mass is 9.94. The number of ether oxygens (including phenoxy) is 1. The van der Waals surface area contributed by atoms with Gasteiger partial charge in [0.25, 0.3) is 0 Å². The molecule has 1 aliphatic carbocycles. The molecule has 2 aromatic carbocycles. The van der Waals surface area contributed by atoms with Crippen LogP contribution in [0.3, 0.4) is 0 Å². The fourth-order valence-electron chi connectivity index (χ4n) is 4.85. The number of fused-ring (bicyclic) bond motifs is 1. The highest BCUT2D eigenvalue weighted by Crippen LogP contribution is 2.39. The molecule has 0 spiro atoms. The van der Waals surface area contributed by atoms with Crippen molar-refractivity contribution in [1.29, 1.82) is 0 Å². The first-order chi connectivity index (χ1) is 15.7. The zero-order valence-corrected chi connectivity index (χ0v) is 19.1. The molecule has 1 saturated heterocycles. The largest absolute Gasteiger partial charge is 0.379 e. The highest BCUT2D eigenvalue weighted by atomic mass is 16.5. The van der Waals surface area contributed by atoms with Crippen LogP contribution in [0.15, 0.2) is 60.8 Å². The Morgan fingerprint density at radius 2 is 1.84 bits per heavy atom. The molecule has 0 saturated carbocycles. The van der Waals surface area contributed by atoms with Crippen molar-refractivity contribution in [2.45, 2.75) is 33.0 Å². The highest BCUT2D eigenvalue weighted by Gasteiger charge is 2.24. The molecule has 1 unspecified atom stereocenters. The van der Waals surface area contributed by atoms with Gasteiger partial charge < -0.3 is 4.74 Å². The van der Waals surface area contributed by atoms with Gasteiger partial charge in [-0.3, -0.25) is 14.8 Å². The van der Waals surface area contributed by atoms with Crippen LogP contribution in [0.5, 0.6) is 0 Å². The zero-order valence-electron chi connectivity index (χ0n) is 19.1. The van der Waals surface area contributed by atoms with Crippen LogP contribution in [-0.4, -0.2) is 47.6 Å². The SMILES string of the molecule is CCN(Cc1cc(CN2CCOCC2)c2cccnc2c1C1=C[CH]1)C(C)c1ccccc1. The Balaban J connectivity index is 1.53. The van der Waals surface area contributed by atoms with Crippen LogP contribution in [0.2, 0.25) is 0 Å². The minimum Gasteiger partial charge on any atom is -0.379 e. The number of aromatic nitrogens is 1. The summed E-state index contributed by atoms with van der Waals surface area (Å²) in [6.45, 7) is 11.1. The van der Waals surface area contributed by atoms with Crippen molar-refractivity contribution in [3.63, 3.8) is 0 Å². The topological polar surface area (TPSA) is 28.6 Å². The molecule has 165 valence electrons. The quantitative estimate of drug-likeness (QED) is 0.492. The Bertz CT molecular complexity index is 1100. The second kappa shape index (κ2) is 9.53. The van der Waals surface area contributed by atoms with Gasteiger partial charge in [0, 0.05) is 55.8 Å². The summed E-state index contributed by atoms with van der Waals surface area (Å²) in [5.74, 6) is 0. The Morgan fingerprint density at radius 3 is 2.56 bits per heavy atom. The predicted molar refractivity (Wildman–Crippen MR) is 131 cm³/mol. The number of hydrogen-bond donors (Lipinski definition) is 0. The minimum atomic E-state index is 0.355. The lowest BCUT2D eigenvalue weighted by Crippen LogP contribution is -2.35. The van der Waals surface area contributed by atoms with E-state index in [1.54, 1.807) is 0 Å². The summed E-state index contributed by atoms with van der Waals surface area (Å²) in [4.78, 5) is 9.93. The average molecular weight is 427 g/mol. The number of rotatable bonds is 8. The van der Waals surface area contributed by atoms with E-state index in [4.69, 9.17) is 9.72 Å². The molecule has 1 atom stereocenters. The number of pyridine rings is 1. The van der Waals surface area contributed by atoms with E-state index < -0.39 is 0 Å². The number of nitrogens with zero attached hydrogens (tertiary/aromatic N) is 3. The van der Waals surface area contributed by atoms with Gasteiger partial charge in [0.15, 0.2) is 0 Å². The van der Waals surface area contributed by atoms with Crippen molar-refractivity contribution < 1.29 is 4.74 Å². The van der Waals surface area contributed by atoms with Crippen molar-refractivity contribution in [3.8, 4) is 0 Å². The van der Waals surface area contributed by atoms with E-state index in [1.807, 2.05) is 6.20 Å². The van der Waals surface area contributed by atoms with Crippen LogP contribution in [-0.2, 0) is 17.8 Å². The van der Waals surface area contributed by atoms with Gasteiger partial charge in [-0.1, -0.05) is 55.5 Å². The molecule has 1 radical (unpaired) electrons. The first kappa shape index (κ1) is 21.3. The number of allylic oxidation sites excluding steroid dienone is 2. The monoisotopic (exact) mass is 426 g/mol. The van der Waals surface area contributed by atoms with Crippen LogP contribution in [0.25, 0.3) is 16.5 Å². The third-order valence-corrected chi connectivity index (χ3v) is 6.79. The van der Waals surface area contributed by atoms with Crippen molar-refractivity contribution in [1.82, 2.24) is 14.8 Å². The summed E-state index contributed by atoms with van der Waals surface area (Å²) >= 11 is 0. The van der Waals surface area contributed by atoms with Gasteiger partial charge in [-0.05, 0) is 41.8 Å². The van der Waals surface area contributed by atoms with Crippen LogP contribution in [0.4, 0.5) is 0 Å². The minimum absolute atomic E-state index is 0.355. The summed E-state index contributed by atoms with van der Waals surface area (Å²) in [7, 11) is 0. The van der Waals surface area contributed by atoms with Crippen LogP contribution >= 0.6 is 0 Å². The molecule has 0 amide bonds. The lowest BCUT2D eigenvalue weighted by Gasteiger charge is -2.30. The molecule has 1 aliphatic heterocycles. The van der Waals surface area contributed by atoms with E-state index in [9.17, 15) is 0 Å². The lowest BCUT2D eigenvalue weighted by molar-refractivity contribution is 0.0343. The summed E-state index contributed by atoms with van der Waals surface area (Å²) in [6.07, 6.45) is 6.36. The third kappa shape index (κ3) is 4.49. The van der Waals surface area contributed by atoms with Gasteiger partial charge in [0.2, 0.25) is 0 Å². The standard InChI is InChI=1S/C28H32N3O/c1-3-31(21(2)22-8-5-4-6-9-22)20-25-18-24(19-30-14-16-32-17-15-30)26-10-7-13-29-28(26)27(25)23-11-12-23/h4-13,18,21H,3,14-17,19-20H2,1-2H3. The van der Waals surface area contributed by atoms with Crippen molar-refractivity contribution in [3.05, 3.63) is 89.5 Å². The second-order valence-electron chi connectivity index (χ2n) is 8.80. The summed E-state index contributed by atoms with van der Waals surface area (Å²) in [5.41, 5.74) is 7.88. The molecule has 32 heavy (non-hydrogen) atoms. The Labute approximate surface area is 191 Å². The Hall–Kier alpha value is -2.53. The summed E-state index contributed by atoms with van der Waals surface area (Å²) < 4.78 is 5.57. The van der Waals surface area contributed by atoms with Crippen LogP contribution < -0.4 is 0 Å². The summed E-state index contributed by atoms with van der Waals surface area (Å²) in [5, 5.41) is 1.28. The smallest absolute Gasteiger partial charge is 0.0783 e. The van der Waals surface area contributed by atoms with Gasteiger partial charge in [-0.15, -0.1) is 0 Å². The normalized spacial score (nSPS) is 17.5. The molecular weight excluding hydrogens is 394 g/mol. The summed E-state index contributed by atoms with van der Waals surface area (Å²) in [6, 6.07) is 17.9. The number of morpholine rings is 1. The number of benzene rings is 2. The first-order valence-electron chi connectivity index (χ1n) is 11.8. The van der Waals surface area contributed by atoms with Gasteiger partial charge in [0.1, 0.15) is 0 Å². The number of hydrogen-bond acceptors (Lipinski definition) is 4. The average Bonchev–Trinajstić information content (AvgIpc) is 3.68. The molecule has 1 fully saturated rings. The van der Waals surface area contributed by atoms with E-state index in [0.29, 0.717) is 6.04 Å². The Morgan fingerprint density at radius 1 is 1.06 bits per heavy atom. The fourth-order valence-corrected chi connectivity index (χ4v) is 4.85. The van der Waals surface area contributed by atoms with E-state index in [0.717, 1.165) is 51.5 Å². The van der Waals surface area contributed by atoms with Crippen molar-refractivity contribution in [2.24, 2.45) is 0 Å². The van der Waals surface area contributed by atoms with Gasteiger partial charge in [0.05, 0.1) is 18.7 Å². The highest BCUT2D eigenvalue weighted by molar-refractivity contribution is 6.01. The molecule has 0 bridgehead atoms. The molecule has 5 rings (SSSR count). The van der Waals surface area contributed by atoms with Gasteiger partial charge in [-0.25, -0.2) is 0 Å². The molecule has 3 aromatic rings. The van der Waals surface area contributed by atoms with Crippen LogP contribution in [0, 0.1) is 6.42 Å². The molecule has 1 aromatic heterocycles. The van der Waals surface area contributed by atoms with E-state index in [2.05, 4.69) is 84.7 Å². The molecular formula is C28H32N3O.